The van der Waals surface area contributed by atoms with Crippen LogP contribution in [0.4, 0.5) is 5.69 Å². The maximum Gasteiger partial charge on any atom is 0.258 e. The van der Waals surface area contributed by atoms with Crippen molar-refractivity contribution >= 4 is 17.5 Å². The average molecular weight is 377 g/mol. The number of nitrogens with zero attached hydrogens (tertiary/aromatic N) is 1. The third kappa shape index (κ3) is 3.96. The molecule has 0 aromatic heterocycles. The first kappa shape index (κ1) is 18.7. The number of fused-ring (bicyclic) bond motifs is 1. The minimum Gasteiger partial charge on any atom is -0.352 e. The van der Waals surface area contributed by atoms with Crippen LogP contribution in [0.1, 0.15) is 59.2 Å². The highest BCUT2D eigenvalue weighted by Gasteiger charge is 2.26. The van der Waals surface area contributed by atoms with E-state index in [0.29, 0.717) is 25.4 Å². The molecular weight excluding hydrogens is 348 g/mol. The monoisotopic (exact) mass is 376 g/mol. The summed E-state index contributed by atoms with van der Waals surface area (Å²) >= 11 is 0. The molecule has 1 aliphatic carbocycles. The van der Waals surface area contributed by atoms with Gasteiger partial charge in [0.1, 0.15) is 0 Å². The van der Waals surface area contributed by atoms with Gasteiger partial charge >= 0.3 is 0 Å². The summed E-state index contributed by atoms with van der Waals surface area (Å²) in [7, 11) is 0. The van der Waals surface area contributed by atoms with Gasteiger partial charge in [-0.15, -0.1) is 0 Å². The Morgan fingerprint density at radius 3 is 2.68 bits per heavy atom. The Bertz CT molecular complexity index is 884. The van der Waals surface area contributed by atoms with Crippen molar-refractivity contribution < 1.29 is 9.59 Å². The second kappa shape index (κ2) is 8.17. The van der Waals surface area contributed by atoms with Gasteiger partial charge in [-0.3, -0.25) is 9.59 Å². The van der Waals surface area contributed by atoms with Crippen molar-refractivity contribution in [3.05, 3.63) is 64.7 Å². The van der Waals surface area contributed by atoms with Crippen LogP contribution in [-0.2, 0) is 17.8 Å². The molecule has 4 nitrogen and oxygen atoms in total. The van der Waals surface area contributed by atoms with Crippen molar-refractivity contribution in [2.24, 2.45) is 5.92 Å². The number of carbonyl (C=O) groups excluding carboxylic acids is 2. The lowest BCUT2D eigenvalue weighted by atomic mass is 10.0. The number of carbonyl (C=O) groups is 2. The zero-order chi connectivity index (χ0) is 19.5. The van der Waals surface area contributed by atoms with Crippen LogP contribution in [0.15, 0.2) is 42.5 Å². The van der Waals surface area contributed by atoms with Gasteiger partial charge in [0.25, 0.3) is 5.91 Å². The van der Waals surface area contributed by atoms with Crippen LogP contribution in [0.25, 0.3) is 0 Å². The second-order valence-electron chi connectivity index (χ2n) is 8.12. The Morgan fingerprint density at radius 1 is 1.11 bits per heavy atom. The van der Waals surface area contributed by atoms with Gasteiger partial charge in [0.05, 0.1) is 0 Å². The molecule has 1 heterocycles. The molecule has 0 atom stereocenters. The third-order valence-electron chi connectivity index (χ3n) is 6.10. The Balaban J connectivity index is 1.44. The summed E-state index contributed by atoms with van der Waals surface area (Å²) in [6.45, 7) is 3.20. The first-order chi connectivity index (χ1) is 13.6. The summed E-state index contributed by atoms with van der Waals surface area (Å²) in [5, 5.41) is 3.06. The molecule has 0 saturated heterocycles. The quantitative estimate of drug-likeness (QED) is 0.841. The van der Waals surface area contributed by atoms with Crippen LogP contribution in [0, 0.1) is 12.8 Å². The molecule has 146 valence electrons. The van der Waals surface area contributed by atoms with Crippen LogP contribution in [-0.4, -0.2) is 18.4 Å². The smallest absolute Gasteiger partial charge is 0.258 e. The van der Waals surface area contributed by atoms with Gasteiger partial charge in [0.2, 0.25) is 5.91 Å². The summed E-state index contributed by atoms with van der Waals surface area (Å²) in [5.41, 5.74) is 4.98. The molecule has 2 amide bonds. The molecule has 28 heavy (non-hydrogen) atoms. The fourth-order valence-electron chi connectivity index (χ4n) is 4.45. The number of hydrogen-bond acceptors (Lipinski definition) is 2. The summed E-state index contributed by atoms with van der Waals surface area (Å²) in [6.07, 6.45) is 6.40. The maximum atomic E-state index is 13.1. The lowest BCUT2D eigenvalue weighted by Gasteiger charge is -2.19. The van der Waals surface area contributed by atoms with Gasteiger partial charge in [0, 0.05) is 30.8 Å². The van der Waals surface area contributed by atoms with E-state index in [1.54, 1.807) is 0 Å². The predicted octanol–water partition coefficient (Wildman–Crippen LogP) is 4.39. The van der Waals surface area contributed by atoms with Crippen molar-refractivity contribution in [3.63, 3.8) is 0 Å². The molecule has 0 bridgehead atoms. The largest absolute Gasteiger partial charge is 0.352 e. The molecule has 4 heteroatoms. The molecule has 2 aromatic carbocycles. The van der Waals surface area contributed by atoms with Gasteiger partial charge in [-0.05, 0) is 60.9 Å². The van der Waals surface area contributed by atoms with E-state index in [0.717, 1.165) is 28.8 Å². The van der Waals surface area contributed by atoms with Crippen molar-refractivity contribution in [1.82, 2.24) is 5.32 Å². The minimum atomic E-state index is 0.0549. The molecular formula is C24H28N2O2. The zero-order valence-electron chi connectivity index (χ0n) is 16.5. The molecule has 1 fully saturated rings. The van der Waals surface area contributed by atoms with Gasteiger partial charge in [-0.2, -0.15) is 0 Å². The summed E-state index contributed by atoms with van der Waals surface area (Å²) in [6, 6.07) is 14.0. The van der Waals surface area contributed by atoms with E-state index in [4.69, 9.17) is 0 Å². The molecule has 1 saturated carbocycles. The lowest BCUT2D eigenvalue weighted by Crippen LogP contribution is -2.29. The highest BCUT2D eigenvalue weighted by molar-refractivity contribution is 6.08. The highest BCUT2D eigenvalue weighted by Crippen LogP contribution is 2.31. The minimum absolute atomic E-state index is 0.0549. The molecule has 0 radical (unpaired) electrons. The van der Waals surface area contributed by atoms with E-state index in [1.165, 1.54) is 31.2 Å². The Morgan fingerprint density at radius 2 is 1.89 bits per heavy atom. The molecule has 1 N–H and O–H groups in total. The maximum absolute atomic E-state index is 13.1. The average Bonchev–Trinajstić information content (AvgIpc) is 3.35. The van der Waals surface area contributed by atoms with Crippen LogP contribution >= 0.6 is 0 Å². The van der Waals surface area contributed by atoms with Crippen molar-refractivity contribution in [3.8, 4) is 0 Å². The number of rotatable bonds is 5. The summed E-state index contributed by atoms with van der Waals surface area (Å²) in [5.74, 6) is 0.752. The first-order valence-corrected chi connectivity index (χ1v) is 10.4. The zero-order valence-corrected chi connectivity index (χ0v) is 16.5. The molecule has 2 aromatic rings. The van der Waals surface area contributed by atoms with E-state index in [1.807, 2.05) is 36.1 Å². The fourth-order valence-corrected chi connectivity index (χ4v) is 4.45. The van der Waals surface area contributed by atoms with Gasteiger partial charge < -0.3 is 10.2 Å². The van der Waals surface area contributed by atoms with E-state index >= 15 is 0 Å². The lowest BCUT2D eigenvalue weighted by molar-refractivity contribution is -0.122. The van der Waals surface area contributed by atoms with Crippen molar-refractivity contribution in [2.75, 3.05) is 11.4 Å². The van der Waals surface area contributed by atoms with Crippen molar-refractivity contribution in [1.29, 1.82) is 0 Å². The van der Waals surface area contributed by atoms with E-state index in [9.17, 15) is 9.59 Å². The molecule has 2 aliphatic rings. The SMILES string of the molecule is Cc1ccccc1C(=O)N1CCc2ccc(CNC(=O)CC3CCCC3)cc21. The Labute approximate surface area is 166 Å². The topological polar surface area (TPSA) is 49.4 Å². The van der Waals surface area contributed by atoms with Crippen molar-refractivity contribution in [2.45, 2.75) is 52.0 Å². The first-order valence-electron chi connectivity index (χ1n) is 10.4. The number of anilines is 1. The van der Waals surface area contributed by atoms with Crippen LogP contribution in [0.2, 0.25) is 0 Å². The Hall–Kier alpha value is -2.62. The third-order valence-corrected chi connectivity index (χ3v) is 6.10. The number of benzene rings is 2. The highest BCUT2D eigenvalue weighted by atomic mass is 16.2. The Kier molecular flexibility index (Phi) is 5.47. The van der Waals surface area contributed by atoms with E-state index in [2.05, 4.69) is 23.5 Å². The standard InChI is InChI=1S/C24H28N2O2/c1-17-6-2-5-9-21(17)24(28)26-13-12-20-11-10-19(14-22(20)26)16-25-23(27)15-18-7-3-4-8-18/h2,5-6,9-11,14,18H,3-4,7-8,12-13,15-16H2,1H3,(H,25,27). The molecule has 0 spiro atoms. The summed E-state index contributed by atoms with van der Waals surface area (Å²) in [4.78, 5) is 27.2. The number of hydrogen-bond donors (Lipinski definition) is 1. The predicted molar refractivity (Wildman–Crippen MR) is 111 cm³/mol. The van der Waals surface area contributed by atoms with Gasteiger partial charge in [0.15, 0.2) is 0 Å². The molecule has 0 unspecified atom stereocenters. The second-order valence-corrected chi connectivity index (χ2v) is 8.12. The van der Waals surface area contributed by atoms with Gasteiger partial charge in [-0.1, -0.05) is 43.2 Å². The fraction of sp³-hybridized carbons (Fsp3) is 0.417. The normalized spacial score (nSPS) is 16.2. The summed E-state index contributed by atoms with van der Waals surface area (Å²) < 4.78 is 0. The van der Waals surface area contributed by atoms with E-state index < -0.39 is 0 Å². The number of amides is 2. The van der Waals surface area contributed by atoms with Gasteiger partial charge in [-0.25, -0.2) is 0 Å². The number of nitrogens with one attached hydrogen (secondary N) is 1. The van der Waals surface area contributed by atoms with Crippen LogP contribution < -0.4 is 10.2 Å². The van der Waals surface area contributed by atoms with Crippen LogP contribution in [0.3, 0.4) is 0 Å². The number of aryl methyl sites for hydroxylation is 1. The van der Waals surface area contributed by atoms with Crippen LogP contribution in [0.5, 0.6) is 0 Å². The molecule has 1 aliphatic heterocycles. The molecule has 4 rings (SSSR count). The van der Waals surface area contributed by atoms with E-state index in [-0.39, 0.29) is 11.8 Å².